The molecule has 0 aliphatic rings. The van der Waals surface area contributed by atoms with E-state index in [1.807, 2.05) is 30.3 Å². The molecule has 39 heavy (non-hydrogen) atoms. The molecule has 5 nitrogen and oxygen atoms in total. The summed E-state index contributed by atoms with van der Waals surface area (Å²) in [5.41, 5.74) is 2.53. The van der Waals surface area contributed by atoms with E-state index in [9.17, 15) is 22.8 Å². The summed E-state index contributed by atoms with van der Waals surface area (Å²) in [7, 11) is 0. The Kier molecular flexibility index (Phi) is 7.67. The molecule has 0 unspecified atom stereocenters. The first-order valence-electron chi connectivity index (χ1n) is 12.2. The van der Waals surface area contributed by atoms with Crippen molar-refractivity contribution in [1.82, 2.24) is 0 Å². The highest BCUT2D eigenvalue weighted by Gasteiger charge is 2.39. The van der Waals surface area contributed by atoms with Crippen molar-refractivity contribution in [3.05, 3.63) is 89.5 Å². The van der Waals surface area contributed by atoms with Crippen LogP contribution in [0.3, 0.4) is 0 Å². The summed E-state index contributed by atoms with van der Waals surface area (Å²) < 4.78 is 58.3. The number of carbonyl (C=O) groups excluding carboxylic acids is 2. The molecule has 0 atom stereocenters. The van der Waals surface area contributed by atoms with E-state index in [-0.39, 0.29) is 11.0 Å². The maximum atomic E-state index is 14.1. The topological polar surface area (TPSA) is 65.7 Å². The largest absolute Gasteiger partial charge is 0.462 e. The van der Waals surface area contributed by atoms with Gasteiger partial charge in [-0.1, -0.05) is 43.5 Å². The van der Waals surface area contributed by atoms with Crippen LogP contribution in [0.5, 0.6) is 5.75 Å². The summed E-state index contributed by atoms with van der Waals surface area (Å²) >= 11 is 0. The average molecular weight is 537 g/mol. The summed E-state index contributed by atoms with van der Waals surface area (Å²) in [6.45, 7) is 12.0. The van der Waals surface area contributed by atoms with Gasteiger partial charge in [0.15, 0.2) is 5.58 Å². The van der Waals surface area contributed by atoms with Gasteiger partial charge in [0.2, 0.25) is 0 Å². The Bertz CT molecular complexity index is 1610. The van der Waals surface area contributed by atoms with Crippen molar-refractivity contribution < 1.29 is 36.7 Å². The molecule has 4 rings (SSSR count). The number of esters is 2. The predicted octanol–water partition coefficient (Wildman–Crippen LogP) is 8.11. The lowest BCUT2D eigenvalue weighted by molar-refractivity contribution is -0.141. The monoisotopic (exact) mass is 536 g/mol. The van der Waals surface area contributed by atoms with Crippen LogP contribution in [0.15, 0.2) is 77.3 Å². The number of hydrogen-bond acceptors (Lipinski definition) is 5. The molecule has 0 radical (unpaired) electrons. The maximum absolute atomic E-state index is 14.1. The fourth-order valence-corrected chi connectivity index (χ4v) is 4.29. The Morgan fingerprint density at radius 1 is 0.872 bits per heavy atom. The third kappa shape index (κ3) is 5.74. The molecular formula is C31H27F3O5. The van der Waals surface area contributed by atoms with Crippen LogP contribution >= 0.6 is 0 Å². The Labute approximate surface area is 223 Å². The number of alkyl halides is 3. The van der Waals surface area contributed by atoms with Crippen LogP contribution in [0.2, 0.25) is 0 Å². The Morgan fingerprint density at radius 3 is 2.10 bits per heavy atom. The first kappa shape index (κ1) is 27.7. The minimum absolute atomic E-state index is 0.0226. The number of aryl methyl sites for hydroxylation is 2. The van der Waals surface area contributed by atoms with Crippen LogP contribution < -0.4 is 4.74 Å². The molecule has 0 aliphatic carbocycles. The highest BCUT2D eigenvalue weighted by molar-refractivity contribution is 6.09. The van der Waals surface area contributed by atoms with Crippen LogP contribution in [-0.4, -0.2) is 18.5 Å². The third-order valence-corrected chi connectivity index (χ3v) is 6.31. The van der Waals surface area contributed by atoms with Crippen molar-refractivity contribution in [3.8, 4) is 16.9 Å². The standard InChI is InChI=1S/C31H27F3O5/c1-17(2)29(35)37-16-6-7-20-8-10-21(11-9-20)22-12-13-23-24-14-15-25(38-30(36)18(3)4)26(31(32,33)34)28(24)39-27(23)19(22)5/h8-15H,1,3,6-7,16H2,2,4-5H3. The lowest BCUT2D eigenvalue weighted by atomic mass is 9.96. The van der Waals surface area contributed by atoms with Gasteiger partial charge in [0.25, 0.3) is 0 Å². The number of carbonyl (C=O) groups is 2. The number of benzene rings is 3. The summed E-state index contributed by atoms with van der Waals surface area (Å²) in [5, 5.41) is 0.792. The van der Waals surface area contributed by atoms with E-state index >= 15 is 0 Å². The van der Waals surface area contributed by atoms with Gasteiger partial charge in [-0.2, -0.15) is 13.2 Å². The Hall–Kier alpha value is -4.33. The summed E-state index contributed by atoms with van der Waals surface area (Å²) in [5.74, 6) is -2.00. The van der Waals surface area contributed by atoms with Crippen molar-refractivity contribution in [2.45, 2.75) is 39.8 Å². The molecule has 0 fully saturated rings. The highest BCUT2D eigenvalue weighted by atomic mass is 19.4. The van der Waals surface area contributed by atoms with Crippen LogP contribution in [0, 0.1) is 6.92 Å². The number of halogens is 3. The zero-order valence-corrected chi connectivity index (χ0v) is 21.8. The van der Waals surface area contributed by atoms with Gasteiger partial charge >= 0.3 is 18.1 Å². The molecule has 8 heteroatoms. The smallest absolute Gasteiger partial charge is 0.423 e. The number of ether oxygens (including phenoxy) is 2. The average Bonchev–Trinajstić information content (AvgIpc) is 3.25. The molecule has 4 aromatic rings. The molecule has 0 spiro atoms. The van der Waals surface area contributed by atoms with Crippen LogP contribution in [-0.2, 0) is 26.9 Å². The summed E-state index contributed by atoms with van der Waals surface area (Å²) in [6, 6.07) is 13.9. The second kappa shape index (κ2) is 10.8. The second-order valence-electron chi connectivity index (χ2n) is 9.42. The number of hydrogen-bond donors (Lipinski definition) is 0. The molecule has 1 heterocycles. The Morgan fingerprint density at radius 2 is 1.49 bits per heavy atom. The van der Waals surface area contributed by atoms with E-state index in [0.717, 1.165) is 22.8 Å². The van der Waals surface area contributed by atoms with E-state index in [1.165, 1.54) is 13.0 Å². The van der Waals surface area contributed by atoms with Gasteiger partial charge in [0.05, 0.1) is 6.61 Å². The SMILES string of the molecule is C=C(C)C(=O)OCCCc1ccc(-c2ccc3c(oc4c(C(F)(F)F)c(OC(=O)C(=C)C)ccc43)c2C)cc1. The zero-order valence-electron chi connectivity index (χ0n) is 21.8. The van der Waals surface area contributed by atoms with Crippen molar-refractivity contribution in [3.63, 3.8) is 0 Å². The fourth-order valence-electron chi connectivity index (χ4n) is 4.29. The minimum Gasteiger partial charge on any atom is -0.462 e. The van der Waals surface area contributed by atoms with E-state index in [1.54, 1.807) is 19.9 Å². The molecule has 0 N–H and O–H groups in total. The van der Waals surface area contributed by atoms with Gasteiger partial charge in [0.1, 0.15) is 16.9 Å². The quantitative estimate of drug-likeness (QED) is 0.0985. The summed E-state index contributed by atoms with van der Waals surface area (Å²) in [4.78, 5) is 23.4. The van der Waals surface area contributed by atoms with E-state index in [4.69, 9.17) is 13.9 Å². The van der Waals surface area contributed by atoms with Crippen molar-refractivity contribution in [2.75, 3.05) is 6.61 Å². The van der Waals surface area contributed by atoms with Crippen LogP contribution in [0.25, 0.3) is 33.1 Å². The lowest BCUT2D eigenvalue weighted by Crippen LogP contribution is -2.14. The molecular weight excluding hydrogens is 509 g/mol. The van der Waals surface area contributed by atoms with Gasteiger partial charge in [-0.15, -0.1) is 0 Å². The first-order valence-corrected chi connectivity index (χ1v) is 12.2. The molecule has 1 aromatic heterocycles. The molecule has 0 saturated carbocycles. The van der Waals surface area contributed by atoms with Crippen molar-refractivity contribution >= 4 is 33.9 Å². The summed E-state index contributed by atoms with van der Waals surface area (Å²) in [6.07, 6.45) is -3.45. The van der Waals surface area contributed by atoms with Gasteiger partial charge < -0.3 is 13.9 Å². The van der Waals surface area contributed by atoms with Gasteiger partial charge in [-0.25, -0.2) is 9.59 Å². The van der Waals surface area contributed by atoms with Gasteiger partial charge in [-0.3, -0.25) is 0 Å². The second-order valence-corrected chi connectivity index (χ2v) is 9.42. The van der Waals surface area contributed by atoms with Crippen LogP contribution in [0.1, 0.15) is 37.0 Å². The molecule has 0 amide bonds. The molecule has 0 saturated heterocycles. The van der Waals surface area contributed by atoms with Crippen molar-refractivity contribution in [2.24, 2.45) is 0 Å². The molecule has 202 valence electrons. The minimum atomic E-state index is -4.83. The van der Waals surface area contributed by atoms with Crippen molar-refractivity contribution in [1.29, 1.82) is 0 Å². The third-order valence-electron chi connectivity index (χ3n) is 6.31. The normalized spacial score (nSPS) is 11.5. The maximum Gasteiger partial charge on any atom is 0.423 e. The number of rotatable bonds is 8. The Balaban J connectivity index is 1.66. The van der Waals surface area contributed by atoms with E-state index < -0.39 is 35.0 Å². The fraction of sp³-hybridized carbons (Fsp3) is 0.226. The molecule has 3 aromatic carbocycles. The van der Waals surface area contributed by atoms with Gasteiger partial charge in [0, 0.05) is 27.5 Å². The van der Waals surface area contributed by atoms with Gasteiger partial charge in [-0.05, 0) is 68.5 Å². The lowest BCUT2D eigenvalue weighted by Gasteiger charge is -2.13. The highest BCUT2D eigenvalue weighted by Crippen LogP contribution is 2.45. The van der Waals surface area contributed by atoms with Crippen LogP contribution in [0.4, 0.5) is 13.2 Å². The predicted molar refractivity (Wildman–Crippen MR) is 143 cm³/mol. The van der Waals surface area contributed by atoms with E-state index in [0.29, 0.717) is 41.6 Å². The zero-order chi connectivity index (χ0) is 28.5. The molecule has 0 bridgehead atoms. The number of fused-ring (bicyclic) bond motifs is 3. The molecule has 0 aliphatic heterocycles. The van der Waals surface area contributed by atoms with E-state index in [2.05, 4.69) is 13.2 Å². The first-order chi connectivity index (χ1) is 18.4. The number of furan rings is 1.